The van der Waals surface area contributed by atoms with Crippen molar-refractivity contribution in [3.8, 4) is 11.4 Å². The molecule has 0 atom stereocenters. The van der Waals surface area contributed by atoms with Gasteiger partial charge in [0.05, 0.1) is 23.3 Å². The Bertz CT molecular complexity index is 1720. The molecule has 236 valence electrons. The van der Waals surface area contributed by atoms with Gasteiger partial charge in [0.1, 0.15) is 11.4 Å². The molecule has 1 heterocycles. The van der Waals surface area contributed by atoms with Crippen LogP contribution in [0.2, 0.25) is 0 Å². The Morgan fingerprint density at radius 2 is 1.57 bits per heavy atom. The maximum atomic E-state index is 13.5. The molecule has 4 rings (SSSR count). The van der Waals surface area contributed by atoms with Gasteiger partial charge in [-0.05, 0) is 60.7 Å². The van der Waals surface area contributed by atoms with E-state index < -0.39 is 10.0 Å². The normalized spacial score (nSPS) is 11.5. The first kappa shape index (κ1) is 34.3. The van der Waals surface area contributed by atoms with Gasteiger partial charge in [0.2, 0.25) is 10.0 Å². The SMILES string of the molecule is CCCc1[nH]n(-c2cc(S(=O)(=O)N(CC)CC)ccc2OC)c(=O)c1C=Nc1ccccc1CC.CCc1ccccc1N. The van der Waals surface area contributed by atoms with E-state index in [4.69, 9.17) is 10.5 Å². The Labute approximate surface area is 261 Å². The second kappa shape index (κ2) is 16.1. The van der Waals surface area contributed by atoms with Crippen LogP contribution >= 0.6 is 0 Å². The summed E-state index contributed by atoms with van der Waals surface area (Å²) in [6.45, 7) is 10.5. The molecule has 0 unspecified atom stereocenters. The number of nitrogens with two attached hydrogens (primary N) is 1. The first-order chi connectivity index (χ1) is 21.2. The van der Waals surface area contributed by atoms with Crippen LogP contribution in [0.15, 0.2) is 81.4 Å². The quantitative estimate of drug-likeness (QED) is 0.142. The topological polar surface area (TPSA) is 123 Å². The van der Waals surface area contributed by atoms with Gasteiger partial charge in [-0.25, -0.2) is 13.1 Å². The summed E-state index contributed by atoms with van der Waals surface area (Å²) in [4.78, 5) is 18.3. The van der Waals surface area contributed by atoms with Crippen molar-refractivity contribution in [1.82, 2.24) is 14.1 Å². The molecule has 9 nitrogen and oxygen atoms in total. The number of nitrogen functional groups attached to an aromatic ring is 1. The van der Waals surface area contributed by atoms with E-state index >= 15 is 0 Å². The maximum Gasteiger partial charge on any atom is 0.280 e. The number of hydrogen-bond acceptors (Lipinski definition) is 6. The average molecular weight is 620 g/mol. The molecule has 0 spiro atoms. The molecule has 10 heteroatoms. The van der Waals surface area contributed by atoms with Crippen molar-refractivity contribution < 1.29 is 13.2 Å². The number of methoxy groups -OCH3 is 1. The number of sulfonamides is 1. The van der Waals surface area contributed by atoms with E-state index in [1.807, 2.05) is 49.4 Å². The molecular weight excluding hydrogens is 574 g/mol. The van der Waals surface area contributed by atoms with Crippen molar-refractivity contribution in [2.75, 3.05) is 25.9 Å². The molecule has 0 aliphatic heterocycles. The lowest BCUT2D eigenvalue weighted by Crippen LogP contribution is -2.30. The summed E-state index contributed by atoms with van der Waals surface area (Å²) < 4.78 is 34.5. The summed E-state index contributed by atoms with van der Waals surface area (Å²) >= 11 is 0. The van der Waals surface area contributed by atoms with E-state index in [2.05, 4.69) is 30.0 Å². The summed E-state index contributed by atoms with van der Waals surface area (Å²) in [5, 5.41) is 3.17. The zero-order chi connectivity index (χ0) is 32.3. The Morgan fingerprint density at radius 1 is 0.932 bits per heavy atom. The molecule has 44 heavy (non-hydrogen) atoms. The predicted molar refractivity (Wildman–Crippen MR) is 180 cm³/mol. The van der Waals surface area contributed by atoms with Gasteiger partial charge in [0.25, 0.3) is 5.56 Å². The number of para-hydroxylation sites is 2. The summed E-state index contributed by atoms with van der Waals surface area (Å²) in [7, 11) is -2.23. The fourth-order valence-electron chi connectivity index (χ4n) is 4.88. The van der Waals surface area contributed by atoms with Crippen LogP contribution in [0.1, 0.15) is 63.4 Å². The number of aryl methyl sites for hydroxylation is 3. The Kier molecular flexibility index (Phi) is 12.5. The molecule has 0 saturated heterocycles. The molecule has 3 aromatic carbocycles. The number of aliphatic imine (C=N–C) groups is 1. The van der Waals surface area contributed by atoms with E-state index in [0.29, 0.717) is 36.5 Å². The van der Waals surface area contributed by atoms with Crippen molar-refractivity contribution in [2.45, 2.75) is 65.2 Å². The van der Waals surface area contributed by atoms with E-state index in [1.54, 1.807) is 26.1 Å². The van der Waals surface area contributed by atoms with Gasteiger partial charge in [0, 0.05) is 30.7 Å². The number of H-pyrrole nitrogens is 1. The highest BCUT2D eigenvalue weighted by Crippen LogP contribution is 2.27. The largest absolute Gasteiger partial charge is 0.494 e. The lowest BCUT2D eigenvalue weighted by Gasteiger charge is -2.19. The number of aromatic nitrogens is 2. The number of rotatable bonds is 12. The molecular formula is C34H45N5O4S. The van der Waals surface area contributed by atoms with Crippen molar-refractivity contribution in [3.05, 3.63) is 99.5 Å². The number of ether oxygens (including phenoxy) is 1. The van der Waals surface area contributed by atoms with Crippen LogP contribution in [0.4, 0.5) is 11.4 Å². The smallest absolute Gasteiger partial charge is 0.280 e. The van der Waals surface area contributed by atoms with Crippen molar-refractivity contribution in [3.63, 3.8) is 0 Å². The van der Waals surface area contributed by atoms with E-state index in [0.717, 1.165) is 41.9 Å². The molecule has 0 bridgehead atoms. The number of benzene rings is 3. The van der Waals surface area contributed by atoms with E-state index in [-0.39, 0.29) is 10.5 Å². The van der Waals surface area contributed by atoms with E-state index in [9.17, 15) is 13.2 Å². The summed E-state index contributed by atoms with van der Waals surface area (Å²) in [6.07, 6.45) is 4.90. The van der Waals surface area contributed by atoms with Crippen LogP contribution in [0.3, 0.4) is 0 Å². The number of aromatic amines is 1. The first-order valence-electron chi connectivity index (χ1n) is 15.1. The van der Waals surface area contributed by atoms with Crippen molar-refractivity contribution >= 4 is 27.6 Å². The van der Waals surface area contributed by atoms with Gasteiger partial charge in [-0.1, -0.05) is 77.4 Å². The van der Waals surface area contributed by atoms with Crippen LogP contribution in [-0.2, 0) is 29.3 Å². The highest BCUT2D eigenvalue weighted by Gasteiger charge is 2.24. The highest BCUT2D eigenvalue weighted by atomic mass is 32.2. The lowest BCUT2D eigenvalue weighted by molar-refractivity contribution is 0.410. The standard InChI is InChI=1S/C26H34N4O4S.C8H11N/c1-6-12-23-21(18-27-22-14-11-10-13-19(22)7-2)26(31)30(28-23)24-17-20(15-16-25(24)34-5)35(32,33)29(8-3)9-4;1-2-7-5-3-4-6-8(7)9/h10-11,13-18,28H,6-9,12H2,1-5H3;3-6H,2,9H2,1H3. The molecule has 3 N–H and O–H groups in total. The van der Waals surface area contributed by atoms with Crippen molar-refractivity contribution in [1.29, 1.82) is 0 Å². The zero-order valence-corrected chi connectivity index (χ0v) is 27.4. The second-order valence-electron chi connectivity index (χ2n) is 10.1. The highest BCUT2D eigenvalue weighted by molar-refractivity contribution is 7.89. The average Bonchev–Trinajstić information content (AvgIpc) is 3.35. The van der Waals surface area contributed by atoms with Crippen LogP contribution < -0.4 is 16.0 Å². The fourth-order valence-corrected chi connectivity index (χ4v) is 6.36. The first-order valence-corrected chi connectivity index (χ1v) is 16.6. The summed E-state index contributed by atoms with van der Waals surface area (Å²) in [5.74, 6) is 0.384. The molecule has 0 aliphatic carbocycles. The van der Waals surface area contributed by atoms with Crippen LogP contribution in [-0.4, -0.2) is 48.9 Å². The van der Waals surface area contributed by atoms with Gasteiger partial charge in [-0.3, -0.25) is 14.9 Å². The summed E-state index contributed by atoms with van der Waals surface area (Å²) in [6, 6.07) is 20.3. The molecule has 0 aliphatic rings. The minimum atomic E-state index is -3.71. The Balaban J connectivity index is 0.000000502. The third-order valence-corrected chi connectivity index (χ3v) is 9.43. The van der Waals surface area contributed by atoms with Gasteiger partial charge in [-0.2, -0.15) is 4.31 Å². The Morgan fingerprint density at radius 3 is 2.14 bits per heavy atom. The zero-order valence-electron chi connectivity index (χ0n) is 26.6. The van der Waals surface area contributed by atoms with Gasteiger partial charge >= 0.3 is 0 Å². The number of anilines is 1. The van der Waals surface area contributed by atoms with Crippen LogP contribution in [0, 0.1) is 0 Å². The predicted octanol–water partition coefficient (Wildman–Crippen LogP) is 6.30. The van der Waals surface area contributed by atoms with Gasteiger partial charge in [0.15, 0.2) is 0 Å². The third kappa shape index (κ3) is 7.86. The third-order valence-electron chi connectivity index (χ3n) is 7.38. The van der Waals surface area contributed by atoms with Crippen LogP contribution in [0.25, 0.3) is 5.69 Å². The van der Waals surface area contributed by atoms with Gasteiger partial charge < -0.3 is 10.5 Å². The van der Waals surface area contributed by atoms with Crippen molar-refractivity contribution in [2.24, 2.45) is 4.99 Å². The van der Waals surface area contributed by atoms with Gasteiger partial charge in [-0.15, -0.1) is 0 Å². The number of nitrogens with zero attached hydrogens (tertiary/aromatic N) is 3. The fraction of sp³-hybridized carbons (Fsp3) is 0.353. The molecule has 0 amide bonds. The number of nitrogens with one attached hydrogen (secondary N) is 1. The number of hydrogen-bond donors (Lipinski definition) is 2. The second-order valence-corrected chi connectivity index (χ2v) is 12.0. The molecule has 0 saturated carbocycles. The lowest BCUT2D eigenvalue weighted by atomic mass is 10.1. The molecule has 0 fully saturated rings. The molecule has 4 aromatic rings. The Hall–Kier alpha value is -4.15. The molecule has 1 aromatic heterocycles. The van der Waals surface area contributed by atoms with E-state index in [1.165, 1.54) is 33.8 Å². The minimum absolute atomic E-state index is 0.0997. The summed E-state index contributed by atoms with van der Waals surface area (Å²) in [5.41, 5.74) is 10.9. The maximum absolute atomic E-state index is 13.5. The molecule has 0 radical (unpaired) electrons. The minimum Gasteiger partial charge on any atom is -0.494 e. The van der Waals surface area contributed by atoms with Crippen LogP contribution in [0.5, 0.6) is 5.75 Å². The monoisotopic (exact) mass is 619 g/mol.